The van der Waals surface area contributed by atoms with Gasteiger partial charge in [0.05, 0.1) is 49.1 Å². The van der Waals surface area contributed by atoms with Crippen LogP contribution in [0.25, 0.3) is 10.9 Å². The number of hydrogen-bond donors (Lipinski definition) is 1. The zero-order valence-corrected chi connectivity index (χ0v) is 39.7. The van der Waals surface area contributed by atoms with Gasteiger partial charge in [0.2, 0.25) is 5.91 Å². The van der Waals surface area contributed by atoms with Crippen LogP contribution in [-0.4, -0.2) is 185 Å². The van der Waals surface area contributed by atoms with Gasteiger partial charge in [0.15, 0.2) is 9.76 Å². The largest absolute Gasteiger partial charge is 0.480 e. The number of unbranched alkanes of at least 4 members (excludes halogenated alkanes) is 1. The van der Waals surface area contributed by atoms with Gasteiger partial charge < -0.3 is 24.1 Å². The van der Waals surface area contributed by atoms with Gasteiger partial charge in [-0.05, 0) is 63.8 Å². The molecule has 2 aliphatic heterocycles. The lowest BCUT2D eigenvalue weighted by Crippen LogP contribution is -2.52. The van der Waals surface area contributed by atoms with Crippen LogP contribution < -0.4 is 4.90 Å². The number of fused-ring (bicyclic) bond motifs is 1. The minimum Gasteiger partial charge on any atom is -0.480 e. The normalized spacial score (nSPS) is 18.2. The third-order valence-corrected chi connectivity index (χ3v) is 13.2. The molecule has 61 heavy (non-hydrogen) atoms. The molecular formula is C45H73N7O8Si. The van der Waals surface area contributed by atoms with E-state index in [1.54, 1.807) is 13.8 Å². The number of aliphatic carboxylic acids is 1. The number of ether oxygens (including phenoxy) is 1. The molecule has 16 heteroatoms. The molecule has 2 saturated heterocycles. The summed E-state index contributed by atoms with van der Waals surface area (Å²) in [5.74, 6) is -1.32. The van der Waals surface area contributed by atoms with E-state index in [1.165, 1.54) is 0 Å². The van der Waals surface area contributed by atoms with Crippen molar-refractivity contribution in [3.63, 3.8) is 0 Å². The van der Waals surface area contributed by atoms with Crippen molar-refractivity contribution in [1.82, 2.24) is 29.5 Å². The number of nitrogens with zero attached hydrogens (tertiary/aromatic N) is 7. The van der Waals surface area contributed by atoms with Gasteiger partial charge in [-0.15, -0.1) is 0 Å². The highest BCUT2D eigenvalue weighted by Gasteiger charge is 2.30. The van der Waals surface area contributed by atoms with Gasteiger partial charge in [-0.1, -0.05) is 46.2 Å². The Kier molecular flexibility index (Phi) is 19.3. The summed E-state index contributed by atoms with van der Waals surface area (Å²) in [6.45, 7) is 22.5. The molecule has 1 unspecified atom stereocenters. The molecule has 1 aromatic carbocycles. The summed E-state index contributed by atoms with van der Waals surface area (Å²) in [4.78, 5) is 81.0. The number of carbonyl (C=O) groups is 5. The number of Topliss-reactive ketones (excluding diaryl/α,β-unsaturated/α-hetero) is 2. The Hall–Kier alpha value is -3.80. The van der Waals surface area contributed by atoms with Crippen LogP contribution in [0.5, 0.6) is 0 Å². The number of amides is 1. The molecule has 0 saturated carbocycles. The van der Waals surface area contributed by atoms with Crippen molar-refractivity contribution in [3.05, 3.63) is 36.0 Å². The third-order valence-electron chi connectivity index (χ3n) is 11.5. The van der Waals surface area contributed by atoms with Gasteiger partial charge in [0.25, 0.3) is 0 Å². The quantitative estimate of drug-likeness (QED) is 0.132. The van der Waals surface area contributed by atoms with Crippen LogP contribution in [0.3, 0.4) is 0 Å². The van der Waals surface area contributed by atoms with E-state index in [0.717, 1.165) is 35.1 Å². The van der Waals surface area contributed by atoms with Crippen molar-refractivity contribution in [2.24, 2.45) is 0 Å². The van der Waals surface area contributed by atoms with Crippen LogP contribution >= 0.6 is 0 Å². The second-order valence-electron chi connectivity index (χ2n) is 18.5. The molecule has 15 nitrogen and oxygen atoms in total. The molecule has 1 amide bonds. The highest BCUT2D eigenvalue weighted by molar-refractivity contribution is 6.31. The first-order chi connectivity index (χ1) is 28.8. The third kappa shape index (κ3) is 16.8. The van der Waals surface area contributed by atoms with Crippen LogP contribution in [0.4, 0.5) is 5.69 Å². The van der Waals surface area contributed by atoms with Crippen molar-refractivity contribution in [3.8, 4) is 0 Å². The molecule has 0 radical (unpaired) electrons. The van der Waals surface area contributed by atoms with E-state index in [1.807, 2.05) is 26.5 Å². The number of hydrogen-bond acceptors (Lipinski definition) is 13. The van der Waals surface area contributed by atoms with Gasteiger partial charge >= 0.3 is 11.9 Å². The zero-order valence-electron chi connectivity index (χ0n) is 38.2. The Labute approximate surface area is 366 Å². The minimum absolute atomic E-state index is 0.00475. The Bertz CT molecular complexity index is 1750. The fraction of sp³-hybridized carbons (Fsp3) is 0.689. The van der Waals surface area contributed by atoms with Crippen molar-refractivity contribution < 1.29 is 38.2 Å². The second-order valence-corrected chi connectivity index (χ2v) is 21.2. The van der Waals surface area contributed by atoms with E-state index in [9.17, 15) is 29.1 Å². The first-order valence-electron chi connectivity index (χ1n) is 22.2. The molecule has 3 heterocycles. The summed E-state index contributed by atoms with van der Waals surface area (Å²) in [6, 6.07) is 9.95. The molecule has 1 N–H and O–H groups in total. The van der Waals surface area contributed by atoms with E-state index < -0.39 is 27.4 Å². The van der Waals surface area contributed by atoms with Gasteiger partial charge in [0.1, 0.15) is 11.6 Å². The fourth-order valence-corrected chi connectivity index (χ4v) is 8.73. The fourth-order valence-electron chi connectivity index (χ4n) is 7.79. The molecule has 4 rings (SSSR count). The summed E-state index contributed by atoms with van der Waals surface area (Å²) in [7, 11) is -0.772. The zero-order chi connectivity index (χ0) is 44.7. The van der Waals surface area contributed by atoms with Crippen LogP contribution in [0.1, 0.15) is 86.8 Å². The molecule has 2 aliphatic rings. The number of carboxylic acid groups (broad SMARTS) is 1. The molecule has 0 bridgehead atoms. The van der Waals surface area contributed by atoms with Crippen molar-refractivity contribution in [1.29, 1.82) is 0 Å². The van der Waals surface area contributed by atoms with Gasteiger partial charge in [-0.3, -0.25) is 43.6 Å². The maximum absolute atomic E-state index is 13.7. The summed E-state index contributed by atoms with van der Waals surface area (Å²) >= 11 is 0. The van der Waals surface area contributed by atoms with E-state index in [4.69, 9.17) is 14.1 Å². The molecule has 1 aromatic heterocycles. The SMILES string of the molecule is CCCCOC(=O)CN1CCN(CC(C)=O)CCN(C(CCC(=O)N2CCN(c3ccc4ccc(C(C)(C)O[SiH2]C(C)(C)C)nc4c3)CC2)C(C)=O)CCN(CC(=O)O)CC1. The van der Waals surface area contributed by atoms with Crippen molar-refractivity contribution in [2.75, 3.05) is 110 Å². The maximum Gasteiger partial charge on any atom is 0.320 e. The van der Waals surface area contributed by atoms with E-state index in [-0.39, 0.29) is 54.5 Å². The topological polar surface area (TPSA) is 156 Å². The molecular weight excluding hydrogens is 795 g/mol. The lowest BCUT2D eigenvalue weighted by Gasteiger charge is -2.37. The summed E-state index contributed by atoms with van der Waals surface area (Å²) < 4.78 is 11.9. The van der Waals surface area contributed by atoms with E-state index in [2.05, 4.69) is 74.8 Å². The maximum atomic E-state index is 13.7. The van der Waals surface area contributed by atoms with Crippen LogP contribution in [0.15, 0.2) is 30.3 Å². The van der Waals surface area contributed by atoms with Gasteiger partial charge in [-0.25, -0.2) is 4.98 Å². The average molecular weight is 868 g/mol. The highest BCUT2D eigenvalue weighted by Crippen LogP contribution is 2.31. The first kappa shape index (κ1) is 49.8. The number of rotatable bonds is 18. The number of pyridine rings is 1. The van der Waals surface area contributed by atoms with E-state index >= 15 is 0 Å². The number of anilines is 1. The monoisotopic (exact) mass is 868 g/mol. The summed E-state index contributed by atoms with van der Waals surface area (Å²) in [5.41, 5.74) is 2.41. The van der Waals surface area contributed by atoms with E-state index in [0.29, 0.717) is 91.6 Å². The van der Waals surface area contributed by atoms with Crippen LogP contribution in [0.2, 0.25) is 5.04 Å². The van der Waals surface area contributed by atoms with Crippen molar-refractivity contribution >= 4 is 55.8 Å². The predicted octanol–water partition coefficient (Wildman–Crippen LogP) is 3.41. The molecule has 2 fully saturated rings. The van der Waals surface area contributed by atoms with Crippen LogP contribution in [-0.2, 0) is 38.7 Å². The number of piperazine rings is 1. The number of esters is 1. The number of carbonyl (C=O) groups excluding carboxylic acids is 4. The Morgan fingerprint density at radius 3 is 1.95 bits per heavy atom. The van der Waals surface area contributed by atoms with Crippen LogP contribution in [0, 0.1) is 0 Å². The molecule has 0 aliphatic carbocycles. The Morgan fingerprint density at radius 2 is 1.38 bits per heavy atom. The standard InChI is InChI=1S/C45H73N7O8Si/c1-9-10-29-59-43(58)33-49-19-17-47(31-34(2)53)21-23-51(24-22-48(18-20-49)32-42(56)57)39(35(3)54)14-16-41(55)52-27-25-50(26-28-52)37-13-11-36-12-15-40(46-38(36)30-37)45(7,8)60-61-44(4,5)6/h11-13,15,30,39H,9-10,14,16-29,31-33,61H2,1-8H3,(H,56,57). The number of carboxylic acids is 1. The highest BCUT2D eigenvalue weighted by atomic mass is 28.2. The minimum atomic E-state index is -0.959. The summed E-state index contributed by atoms with van der Waals surface area (Å²) in [5, 5.41) is 11.0. The number of ketones is 2. The lowest BCUT2D eigenvalue weighted by atomic mass is 10.0. The number of benzene rings is 1. The van der Waals surface area contributed by atoms with Crippen molar-refractivity contribution in [2.45, 2.75) is 97.8 Å². The van der Waals surface area contributed by atoms with Gasteiger partial charge in [-0.2, -0.15) is 0 Å². The molecule has 0 spiro atoms. The molecule has 2 aromatic rings. The number of aromatic nitrogens is 1. The van der Waals surface area contributed by atoms with Gasteiger partial charge in [0, 0.05) is 96.0 Å². The predicted molar refractivity (Wildman–Crippen MR) is 242 cm³/mol. The smallest absolute Gasteiger partial charge is 0.320 e. The molecule has 340 valence electrons. The average Bonchev–Trinajstić information content (AvgIpc) is 3.19. The Balaban J connectivity index is 1.39. The first-order valence-corrected chi connectivity index (χ1v) is 23.5. The summed E-state index contributed by atoms with van der Waals surface area (Å²) in [6.07, 6.45) is 2.25. The molecule has 1 atom stereocenters. The Morgan fingerprint density at radius 1 is 0.787 bits per heavy atom. The lowest BCUT2D eigenvalue weighted by molar-refractivity contribution is -0.145. The second kappa shape index (κ2) is 23.6.